The van der Waals surface area contributed by atoms with Crippen molar-refractivity contribution in [1.29, 1.82) is 0 Å². The molecule has 2 aromatic rings. The van der Waals surface area contributed by atoms with Crippen LogP contribution < -0.4 is 9.62 Å². The molecule has 0 unspecified atom stereocenters. The summed E-state index contributed by atoms with van der Waals surface area (Å²) in [6.07, 6.45) is 2.33. The Hall–Kier alpha value is -1.86. The number of hydrogen-bond acceptors (Lipinski definition) is 5. The summed E-state index contributed by atoms with van der Waals surface area (Å²) in [5, 5.41) is -0.00218. The van der Waals surface area contributed by atoms with Gasteiger partial charge in [-0.25, -0.2) is 18.4 Å². The maximum Gasteiger partial charge on any atom is 0.265 e. The molecule has 0 aliphatic heterocycles. The third-order valence-electron chi connectivity index (χ3n) is 2.54. The van der Waals surface area contributed by atoms with Crippen molar-refractivity contribution >= 4 is 33.0 Å². The predicted octanol–water partition coefficient (Wildman–Crippen LogP) is 2.00. The van der Waals surface area contributed by atoms with E-state index in [-0.39, 0.29) is 10.2 Å². The van der Waals surface area contributed by atoms with Gasteiger partial charge in [0.2, 0.25) is 5.28 Å². The summed E-state index contributed by atoms with van der Waals surface area (Å²) in [6.45, 7) is 0. The molecule has 0 fully saturated rings. The summed E-state index contributed by atoms with van der Waals surface area (Å²) in [7, 11) is -0.0827. The highest BCUT2D eigenvalue weighted by Crippen LogP contribution is 2.26. The number of rotatable bonds is 4. The number of halogens is 1. The molecule has 1 aromatic heterocycles. The molecule has 0 aliphatic rings. The van der Waals surface area contributed by atoms with Crippen LogP contribution in [0.4, 0.5) is 11.4 Å². The van der Waals surface area contributed by atoms with Gasteiger partial charge in [-0.1, -0.05) is 12.1 Å². The van der Waals surface area contributed by atoms with Gasteiger partial charge in [-0.3, -0.25) is 4.72 Å². The lowest BCUT2D eigenvalue weighted by Crippen LogP contribution is -2.17. The highest BCUT2D eigenvalue weighted by Gasteiger charge is 2.17. The van der Waals surface area contributed by atoms with Crippen molar-refractivity contribution in [1.82, 2.24) is 9.97 Å². The van der Waals surface area contributed by atoms with Crippen LogP contribution in [0.25, 0.3) is 0 Å². The zero-order chi connectivity index (χ0) is 14.8. The Balaban J connectivity index is 2.36. The molecule has 2 rings (SSSR count). The minimum atomic E-state index is -3.75. The van der Waals surface area contributed by atoms with E-state index in [2.05, 4.69) is 14.7 Å². The fourth-order valence-corrected chi connectivity index (χ4v) is 2.65. The number of anilines is 2. The largest absolute Gasteiger partial charge is 0.376 e. The third-order valence-corrected chi connectivity index (χ3v) is 4.05. The zero-order valence-corrected chi connectivity index (χ0v) is 12.5. The summed E-state index contributed by atoms with van der Waals surface area (Å²) >= 11 is 5.54. The van der Waals surface area contributed by atoms with Gasteiger partial charge in [-0.15, -0.1) is 0 Å². The van der Waals surface area contributed by atoms with Crippen molar-refractivity contribution in [3.8, 4) is 0 Å². The van der Waals surface area contributed by atoms with Gasteiger partial charge in [0.05, 0.1) is 23.8 Å². The Kier molecular flexibility index (Phi) is 4.10. The van der Waals surface area contributed by atoms with Crippen LogP contribution in [-0.2, 0) is 10.0 Å². The molecule has 1 aromatic carbocycles. The molecule has 0 saturated carbocycles. The number of nitrogens with one attached hydrogen (secondary N) is 1. The third kappa shape index (κ3) is 3.17. The van der Waals surface area contributed by atoms with Crippen molar-refractivity contribution in [3.05, 3.63) is 41.9 Å². The van der Waals surface area contributed by atoms with Crippen LogP contribution in [0, 0.1) is 0 Å². The molecule has 0 saturated heterocycles. The number of sulfonamides is 1. The number of benzene rings is 1. The first-order valence-corrected chi connectivity index (χ1v) is 7.53. The molecule has 0 aliphatic carbocycles. The second-order valence-electron chi connectivity index (χ2n) is 4.20. The lowest BCUT2D eigenvalue weighted by Gasteiger charge is -2.18. The number of aromatic nitrogens is 2. The first-order valence-electron chi connectivity index (χ1n) is 5.67. The van der Waals surface area contributed by atoms with Gasteiger partial charge in [-0.2, -0.15) is 0 Å². The van der Waals surface area contributed by atoms with Crippen molar-refractivity contribution in [2.45, 2.75) is 4.90 Å². The molecule has 0 amide bonds. The van der Waals surface area contributed by atoms with Crippen LogP contribution in [0.15, 0.2) is 41.6 Å². The van der Waals surface area contributed by atoms with Crippen LogP contribution >= 0.6 is 11.6 Å². The van der Waals surface area contributed by atoms with E-state index in [0.717, 1.165) is 18.1 Å². The number of nitrogens with zero attached hydrogens (tertiary/aromatic N) is 3. The van der Waals surface area contributed by atoms with E-state index in [4.69, 9.17) is 11.6 Å². The smallest absolute Gasteiger partial charge is 0.265 e. The van der Waals surface area contributed by atoms with Crippen molar-refractivity contribution < 1.29 is 8.42 Å². The molecule has 6 nitrogen and oxygen atoms in total. The summed E-state index contributed by atoms with van der Waals surface area (Å²) in [4.78, 5) is 9.11. The summed E-state index contributed by atoms with van der Waals surface area (Å²) in [5.74, 6) is 0. The Labute approximate surface area is 122 Å². The minimum absolute atomic E-state index is 0.00218. The summed E-state index contributed by atoms with van der Waals surface area (Å²) in [6, 6.07) is 7.08. The Morgan fingerprint density at radius 3 is 2.35 bits per heavy atom. The maximum atomic E-state index is 12.2. The quantitative estimate of drug-likeness (QED) is 0.874. The van der Waals surface area contributed by atoms with E-state index in [1.807, 2.05) is 31.1 Å². The van der Waals surface area contributed by atoms with Gasteiger partial charge in [0.25, 0.3) is 10.0 Å². The average Bonchev–Trinajstić information content (AvgIpc) is 2.39. The lowest BCUT2D eigenvalue weighted by atomic mass is 10.2. The fraction of sp³-hybridized carbons (Fsp3) is 0.167. The van der Waals surface area contributed by atoms with Gasteiger partial charge >= 0.3 is 0 Å². The van der Waals surface area contributed by atoms with Crippen molar-refractivity contribution in [2.24, 2.45) is 0 Å². The first-order chi connectivity index (χ1) is 9.40. The van der Waals surface area contributed by atoms with Gasteiger partial charge in [-0.05, 0) is 23.7 Å². The van der Waals surface area contributed by atoms with Crippen LogP contribution in [0.3, 0.4) is 0 Å². The van der Waals surface area contributed by atoms with E-state index in [1.165, 1.54) is 0 Å². The molecular formula is C12H13ClN4O2S. The first kappa shape index (κ1) is 14.5. The second kappa shape index (κ2) is 5.64. The molecule has 0 atom stereocenters. The van der Waals surface area contributed by atoms with E-state index in [9.17, 15) is 8.42 Å². The Morgan fingerprint density at radius 1 is 1.15 bits per heavy atom. The zero-order valence-electron chi connectivity index (χ0n) is 10.9. The molecule has 0 radical (unpaired) electrons. The van der Waals surface area contributed by atoms with Gasteiger partial charge in [0.1, 0.15) is 4.90 Å². The maximum absolute atomic E-state index is 12.2. The Morgan fingerprint density at radius 2 is 1.75 bits per heavy atom. The fourth-order valence-electron chi connectivity index (χ4n) is 1.59. The van der Waals surface area contributed by atoms with Crippen molar-refractivity contribution in [2.75, 3.05) is 23.7 Å². The standard InChI is InChI=1S/C12H13ClN4O2S/c1-17(2)11-6-4-3-5-10(11)16-20(18,19)9-7-14-12(13)15-8-9/h3-8,16H,1-2H3. The number of hydrogen-bond donors (Lipinski definition) is 1. The summed E-state index contributed by atoms with van der Waals surface area (Å²) in [5.41, 5.74) is 1.23. The van der Waals surface area contributed by atoms with Crippen LogP contribution in [0.2, 0.25) is 5.28 Å². The normalized spacial score (nSPS) is 11.2. The average molecular weight is 313 g/mol. The van der Waals surface area contributed by atoms with Crippen LogP contribution in [-0.4, -0.2) is 32.5 Å². The van der Waals surface area contributed by atoms with Crippen molar-refractivity contribution in [3.63, 3.8) is 0 Å². The van der Waals surface area contributed by atoms with E-state index in [1.54, 1.807) is 12.1 Å². The van der Waals surface area contributed by atoms with Gasteiger partial charge in [0.15, 0.2) is 0 Å². The highest BCUT2D eigenvalue weighted by atomic mass is 35.5. The molecule has 8 heteroatoms. The lowest BCUT2D eigenvalue weighted by molar-refractivity contribution is 0.600. The molecule has 1 heterocycles. The molecule has 0 bridgehead atoms. The SMILES string of the molecule is CN(C)c1ccccc1NS(=O)(=O)c1cnc(Cl)nc1. The highest BCUT2D eigenvalue weighted by molar-refractivity contribution is 7.92. The minimum Gasteiger partial charge on any atom is -0.376 e. The van der Waals surface area contributed by atoms with Crippen LogP contribution in [0.5, 0.6) is 0 Å². The summed E-state index contributed by atoms with van der Waals surface area (Å²) < 4.78 is 27.0. The monoisotopic (exact) mass is 312 g/mol. The molecule has 20 heavy (non-hydrogen) atoms. The molecular weight excluding hydrogens is 300 g/mol. The predicted molar refractivity (Wildman–Crippen MR) is 78.6 cm³/mol. The number of para-hydroxylation sites is 2. The van der Waals surface area contributed by atoms with E-state index >= 15 is 0 Å². The molecule has 0 spiro atoms. The van der Waals surface area contributed by atoms with Crippen LogP contribution in [0.1, 0.15) is 0 Å². The van der Waals surface area contributed by atoms with Gasteiger partial charge < -0.3 is 4.90 Å². The Bertz CT molecular complexity index is 702. The van der Waals surface area contributed by atoms with Gasteiger partial charge in [0, 0.05) is 14.1 Å². The molecule has 106 valence electrons. The topological polar surface area (TPSA) is 75.2 Å². The second-order valence-corrected chi connectivity index (χ2v) is 6.23. The van der Waals surface area contributed by atoms with E-state index < -0.39 is 10.0 Å². The van der Waals surface area contributed by atoms with E-state index in [0.29, 0.717) is 5.69 Å². The molecule has 1 N–H and O–H groups in total.